The number of unbranched alkanes of at least 4 members (excludes halogenated alkanes) is 1. The van der Waals surface area contributed by atoms with Crippen molar-refractivity contribution >= 4 is 40.5 Å². The second-order valence-electron chi connectivity index (χ2n) is 5.68. The highest BCUT2D eigenvalue weighted by Gasteiger charge is 2.34. The fraction of sp³-hybridized carbons (Fsp3) is 1.00. The summed E-state index contributed by atoms with van der Waals surface area (Å²) in [5.74, 6) is -2.17. The molecule has 16 heteroatoms. The molecule has 0 aromatic rings. The van der Waals surface area contributed by atoms with Crippen molar-refractivity contribution in [1.82, 2.24) is 0 Å². The predicted molar refractivity (Wildman–Crippen MR) is 86.0 cm³/mol. The van der Waals surface area contributed by atoms with Crippen LogP contribution in [0.5, 0.6) is 0 Å². The van der Waals surface area contributed by atoms with Crippen LogP contribution in [0.2, 0.25) is 0 Å². The van der Waals surface area contributed by atoms with Crippen LogP contribution in [0.1, 0.15) is 12.8 Å². The lowest BCUT2D eigenvalue weighted by Gasteiger charge is -2.10. The lowest BCUT2D eigenvalue weighted by atomic mass is 10.4. The summed E-state index contributed by atoms with van der Waals surface area (Å²) in [6.45, 7) is -0.785. The van der Waals surface area contributed by atoms with Gasteiger partial charge in [-0.1, -0.05) is 0 Å². The molecule has 2 rings (SSSR count). The largest absolute Gasteiger partial charge is 0.270 e. The highest BCUT2D eigenvalue weighted by atomic mass is 32.2. The van der Waals surface area contributed by atoms with Crippen LogP contribution in [0.4, 0.5) is 0 Å². The summed E-state index contributed by atoms with van der Waals surface area (Å²) in [5.41, 5.74) is 0. The molecular weight excluding hydrogens is 440 g/mol. The Kier molecular flexibility index (Phi) is 6.70. The van der Waals surface area contributed by atoms with Gasteiger partial charge in [0.15, 0.2) is 0 Å². The quantitative estimate of drug-likeness (QED) is 0.273. The Labute approximate surface area is 152 Å². The van der Waals surface area contributed by atoms with E-state index in [1.54, 1.807) is 0 Å². The molecule has 0 saturated carbocycles. The van der Waals surface area contributed by atoms with Gasteiger partial charge in [-0.2, -0.15) is 33.7 Å². The van der Waals surface area contributed by atoms with Gasteiger partial charge in [0.05, 0.1) is 24.7 Å². The summed E-state index contributed by atoms with van der Waals surface area (Å²) in [4.78, 5) is 0. The van der Waals surface area contributed by atoms with Crippen LogP contribution in [0.3, 0.4) is 0 Å². The first-order chi connectivity index (χ1) is 11.8. The van der Waals surface area contributed by atoms with Crippen molar-refractivity contribution in [2.24, 2.45) is 0 Å². The second kappa shape index (κ2) is 7.94. The molecule has 2 aliphatic rings. The maximum Gasteiger partial charge on any atom is 0.270 e. The van der Waals surface area contributed by atoms with E-state index < -0.39 is 88.9 Å². The first-order valence-electron chi connectivity index (χ1n) is 7.34. The maximum atomic E-state index is 11.7. The zero-order valence-electron chi connectivity index (χ0n) is 13.3. The topological polar surface area (TPSA) is 173 Å². The SMILES string of the molecule is O=S1(=O)CC(OS(=O)(=O)CCCCS(=O)(=O)OC2COS(=O)(=O)C2)CO1. The number of rotatable bonds is 9. The van der Waals surface area contributed by atoms with Crippen molar-refractivity contribution in [3.8, 4) is 0 Å². The van der Waals surface area contributed by atoms with Crippen molar-refractivity contribution in [2.75, 3.05) is 36.2 Å². The molecule has 0 aliphatic carbocycles. The van der Waals surface area contributed by atoms with E-state index in [1.165, 1.54) is 0 Å². The van der Waals surface area contributed by atoms with Gasteiger partial charge < -0.3 is 0 Å². The summed E-state index contributed by atoms with van der Waals surface area (Å²) < 4.78 is 109. The molecule has 0 aromatic heterocycles. The monoisotopic (exact) mass is 458 g/mol. The molecule has 2 saturated heterocycles. The van der Waals surface area contributed by atoms with Crippen LogP contribution in [0.25, 0.3) is 0 Å². The van der Waals surface area contributed by atoms with Crippen molar-refractivity contribution < 1.29 is 50.4 Å². The van der Waals surface area contributed by atoms with Crippen molar-refractivity contribution in [1.29, 1.82) is 0 Å². The summed E-state index contributed by atoms with van der Waals surface area (Å²) in [6, 6.07) is 0. The van der Waals surface area contributed by atoms with Crippen LogP contribution < -0.4 is 0 Å². The van der Waals surface area contributed by atoms with Crippen LogP contribution in [0, 0.1) is 0 Å². The third-order valence-corrected chi connectivity index (χ3v) is 8.51. The van der Waals surface area contributed by atoms with Gasteiger partial charge in [-0.3, -0.25) is 16.7 Å². The van der Waals surface area contributed by atoms with Gasteiger partial charge in [-0.15, -0.1) is 0 Å². The van der Waals surface area contributed by atoms with Gasteiger partial charge in [0.2, 0.25) is 0 Å². The molecule has 0 bridgehead atoms. The summed E-state index contributed by atoms with van der Waals surface area (Å²) >= 11 is 0. The van der Waals surface area contributed by atoms with Crippen molar-refractivity contribution in [2.45, 2.75) is 25.0 Å². The smallest absolute Gasteiger partial charge is 0.267 e. The van der Waals surface area contributed by atoms with Crippen LogP contribution in [0.15, 0.2) is 0 Å². The standard InChI is InChI=1S/C10H18O12S4/c11-23(12,21-9-5-19-25(15,16)7-9)3-1-2-4-24(13,14)22-10-6-20-26(17,18)8-10/h9-10H,1-8H2. The predicted octanol–water partition coefficient (Wildman–Crippen LogP) is -2.08. The summed E-state index contributed by atoms with van der Waals surface area (Å²) in [5, 5.41) is 0. The molecule has 2 unspecified atom stereocenters. The van der Waals surface area contributed by atoms with Gasteiger partial charge in [-0.05, 0) is 12.8 Å². The third kappa shape index (κ3) is 7.34. The average Bonchev–Trinajstić information content (AvgIpc) is 2.95. The summed E-state index contributed by atoms with van der Waals surface area (Å²) in [6.07, 6.45) is -2.40. The molecule has 0 amide bonds. The van der Waals surface area contributed by atoms with E-state index in [0.29, 0.717) is 0 Å². The first-order valence-corrected chi connectivity index (χ1v) is 13.6. The number of hydrogen-bond acceptors (Lipinski definition) is 12. The summed E-state index contributed by atoms with van der Waals surface area (Å²) in [7, 11) is -15.6. The van der Waals surface area contributed by atoms with Gasteiger partial charge in [0.1, 0.15) is 23.7 Å². The molecular formula is C10H18O12S4. The molecule has 0 N–H and O–H groups in total. The van der Waals surface area contributed by atoms with Crippen molar-refractivity contribution in [3.63, 3.8) is 0 Å². The lowest BCUT2D eigenvalue weighted by molar-refractivity contribution is 0.184. The zero-order chi connectivity index (χ0) is 19.6. The minimum Gasteiger partial charge on any atom is -0.267 e. The van der Waals surface area contributed by atoms with Crippen LogP contribution in [-0.4, -0.2) is 82.1 Å². The molecule has 2 aliphatic heterocycles. The number of hydrogen-bond donors (Lipinski definition) is 0. The molecule has 26 heavy (non-hydrogen) atoms. The molecule has 12 nitrogen and oxygen atoms in total. The zero-order valence-corrected chi connectivity index (χ0v) is 16.6. The Balaban J connectivity index is 1.72. The van der Waals surface area contributed by atoms with Gasteiger partial charge >= 0.3 is 0 Å². The van der Waals surface area contributed by atoms with Crippen LogP contribution >= 0.6 is 0 Å². The van der Waals surface area contributed by atoms with Gasteiger partial charge in [0.25, 0.3) is 40.5 Å². The van der Waals surface area contributed by atoms with E-state index in [1.807, 2.05) is 0 Å². The van der Waals surface area contributed by atoms with Gasteiger partial charge in [-0.25, -0.2) is 0 Å². The molecule has 0 spiro atoms. The van der Waals surface area contributed by atoms with E-state index >= 15 is 0 Å². The van der Waals surface area contributed by atoms with E-state index in [0.717, 1.165) is 0 Å². The Bertz CT molecular complexity index is 836. The first kappa shape index (κ1) is 21.9. The normalized spacial score (nSPS) is 28.3. The fourth-order valence-corrected chi connectivity index (χ4v) is 6.89. The molecule has 2 heterocycles. The highest BCUT2D eigenvalue weighted by molar-refractivity contribution is 7.88. The van der Waals surface area contributed by atoms with E-state index in [9.17, 15) is 33.7 Å². The Morgan fingerprint density at radius 2 is 1.08 bits per heavy atom. The third-order valence-electron chi connectivity index (χ3n) is 3.25. The minimum atomic E-state index is -4.05. The van der Waals surface area contributed by atoms with E-state index in [2.05, 4.69) is 8.37 Å². The van der Waals surface area contributed by atoms with Crippen LogP contribution in [-0.2, 0) is 57.2 Å². The lowest BCUT2D eigenvalue weighted by Crippen LogP contribution is -2.25. The molecule has 0 radical (unpaired) electrons. The Morgan fingerprint density at radius 3 is 1.35 bits per heavy atom. The van der Waals surface area contributed by atoms with E-state index in [4.69, 9.17) is 8.37 Å². The average molecular weight is 459 g/mol. The highest BCUT2D eigenvalue weighted by Crippen LogP contribution is 2.16. The molecule has 2 fully saturated rings. The van der Waals surface area contributed by atoms with E-state index in [-0.39, 0.29) is 12.8 Å². The fourth-order valence-electron chi connectivity index (χ4n) is 2.19. The Morgan fingerprint density at radius 1 is 0.731 bits per heavy atom. The van der Waals surface area contributed by atoms with Crippen molar-refractivity contribution in [3.05, 3.63) is 0 Å². The Hall–Kier alpha value is -0.360. The molecule has 0 aromatic carbocycles. The minimum absolute atomic E-state index is 0.0787. The second-order valence-corrected chi connectivity index (χ2v) is 12.5. The molecule has 154 valence electrons. The molecule has 2 atom stereocenters. The maximum absolute atomic E-state index is 11.7. The van der Waals surface area contributed by atoms with Gasteiger partial charge in [0, 0.05) is 0 Å².